The third kappa shape index (κ3) is 3.03. The number of nitrogens with zero attached hydrogens (tertiary/aromatic N) is 3. The summed E-state index contributed by atoms with van der Waals surface area (Å²) in [4.78, 5) is 15.5. The molecule has 0 saturated carbocycles. The van der Waals surface area contributed by atoms with Crippen molar-refractivity contribution in [1.29, 1.82) is 0 Å². The van der Waals surface area contributed by atoms with Gasteiger partial charge in [0.15, 0.2) is 0 Å². The maximum absolute atomic E-state index is 13.1. The summed E-state index contributed by atoms with van der Waals surface area (Å²) in [5.41, 5.74) is 3.12. The lowest BCUT2D eigenvalue weighted by molar-refractivity contribution is -0.116. The molecule has 1 heterocycles. The Morgan fingerprint density at radius 3 is 2.31 bits per heavy atom. The summed E-state index contributed by atoms with van der Waals surface area (Å²) in [5, 5.41) is 0. The van der Waals surface area contributed by atoms with E-state index >= 15 is 0 Å². The highest BCUT2D eigenvalue weighted by atomic mass is 32.2. The number of amides is 1. The Bertz CT molecular complexity index is 954. The molecule has 0 N–H and O–H groups in total. The normalized spacial score (nSPS) is 13.5. The molecule has 0 aromatic heterocycles. The minimum atomic E-state index is -3.70. The second-order valence-corrected chi connectivity index (χ2v) is 8.54. The molecule has 1 aliphatic heterocycles. The molecule has 0 fully saturated rings. The van der Waals surface area contributed by atoms with E-state index in [1.54, 1.807) is 36.2 Å². The van der Waals surface area contributed by atoms with Gasteiger partial charge >= 0.3 is 0 Å². The van der Waals surface area contributed by atoms with Gasteiger partial charge in [0, 0.05) is 40.3 Å². The molecule has 0 saturated heterocycles. The molecule has 26 heavy (non-hydrogen) atoms. The number of carbonyl (C=O) groups excluding carboxylic acids is 1. The molecule has 3 rings (SSSR count). The summed E-state index contributed by atoms with van der Waals surface area (Å²) < 4.78 is 27.6. The molecule has 0 bridgehead atoms. The molecule has 0 unspecified atom stereocenters. The van der Waals surface area contributed by atoms with E-state index in [1.165, 1.54) is 11.2 Å². The Labute approximate surface area is 154 Å². The number of para-hydroxylation sites is 2. The lowest BCUT2D eigenvalue weighted by Crippen LogP contribution is -2.28. The van der Waals surface area contributed by atoms with Crippen LogP contribution in [0, 0.1) is 0 Å². The van der Waals surface area contributed by atoms with Gasteiger partial charge < -0.3 is 9.80 Å². The maximum Gasteiger partial charge on any atom is 0.264 e. The molecule has 6 nitrogen and oxygen atoms in total. The summed E-state index contributed by atoms with van der Waals surface area (Å²) in [7, 11) is 1.62. The monoisotopic (exact) mass is 373 g/mol. The number of hydrogen-bond acceptors (Lipinski definition) is 4. The highest BCUT2D eigenvalue weighted by molar-refractivity contribution is 7.92. The van der Waals surface area contributed by atoms with Gasteiger partial charge in [-0.3, -0.25) is 9.10 Å². The molecule has 1 aliphatic rings. The molecule has 1 amide bonds. The van der Waals surface area contributed by atoms with Gasteiger partial charge in [0.25, 0.3) is 10.0 Å². The van der Waals surface area contributed by atoms with Crippen molar-refractivity contribution >= 4 is 33.0 Å². The summed E-state index contributed by atoms with van der Waals surface area (Å²) in [6.07, 6.45) is 0.663. The first-order valence-corrected chi connectivity index (χ1v) is 9.84. The van der Waals surface area contributed by atoms with Crippen LogP contribution in [0.3, 0.4) is 0 Å². The topological polar surface area (TPSA) is 60.9 Å². The molecule has 2 aromatic rings. The number of benzene rings is 2. The van der Waals surface area contributed by atoms with Gasteiger partial charge in [-0.25, -0.2) is 8.42 Å². The van der Waals surface area contributed by atoms with Gasteiger partial charge in [-0.2, -0.15) is 0 Å². The predicted molar refractivity (Wildman–Crippen MR) is 105 cm³/mol. The Balaban J connectivity index is 2.01. The van der Waals surface area contributed by atoms with Crippen molar-refractivity contribution in [2.45, 2.75) is 18.2 Å². The van der Waals surface area contributed by atoms with E-state index in [-0.39, 0.29) is 10.8 Å². The number of hydrogen-bond donors (Lipinski definition) is 0. The van der Waals surface area contributed by atoms with Gasteiger partial charge in [0.2, 0.25) is 5.91 Å². The van der Waals surface area contributed by atoms with Crippen LogP contribution in [0.4, 0.5) is 17.1 Å². The zero-order chi connectivity index (χ0) is 19.1. The van der Waals surface area contributed by atoms with Crippen molar-refractivity contribution in [1.82, 2.24) is 0 Å². The fourth-order valence-corrected chi connectivity index (χ4v) is 4.52. The van der Waals surface area contributed by atoms with E-state index in [0.717, 1.165) is 16.9 Å². The standard InChI is InChI=1S/C19H23N3O3S/c1-14(23)22-12-11-15-13-16(9-10-17(15)22)26(24,25)21(4)19-8-6-5-7-18(19)20(2)3/h5-10,13H,11-12H2,1-4H3. The summed E-state index contributed by atoms with van der Waals surface area (Å²) >= 11 is 0. The average molecular weight is 373 g/mol. The average Bonchev–Trinajstić information content (AvgIpc) is 3.04. The van der Waals surface area contributed by atoms with Crippen LogP contribution in [-0.2, 0) is 21.2 Å². The van der Waals surface area contributed by atoms with E-state index in [4.69, 9.17) is 0 Å². The van der Waals surface area contributed by atoms with Crippen molar-refractivity contribution in [2.24, 2.45) is 0 Å². The number of carbonyl (C=O) groups is 1. The Morgan fingerprint density at radius 1 is 1.04 bits per heavy atom. The Kier molecular flexibility index (Phi) is 4.66. The van der Waals surface area contributed by atoms with Gasteiger partial charge in [0.1, 0.15) is 0 Å². The zero-order valence-corrected chi connectivity index (χ0v) is 16.2. The van der Waals surface area contributed by atoms with Crippen LogP contribution in [-0.4, -0.2) is 42.0 Å². The minimum Gasteiger partial charge on any atom is -0.376 e. The molecule has 0 aliphatic carbocycles. The van der Waals surface area contributed by atoms with Gasteiger partial charge in [-0.15, -0.1) is 0 Å². The Hall–Kier alpha value is -2.54. The van der Waals surface area contributed by atoms with Crippen molar-refractivity contribution in [3.8, 4) is 0 Å². The molecule has 0 radical (unpaired) electrons. The first kappa shape index (κ1) is 18.3. The predicted octanol–water partition coefficient (Wildman–Crippen LogP) is 2.49. The molecular formula is C19H23N3O3S. The molecule has 7 heteroatoms. The van der Waals surface area contributed by atoms with Crippen LogP contribution >= 0.6 is 0 Å². The van der Waals surface area contributed by atoms with Crippen LogP contribution in [0.1, 0.15) is 12.5 Å². The van der Waals surface area contributed by atoms with E-state index in [2.05, 4.69) is 0 Å². The van der Waals surface area contributed by atoms with E-state index in [1.807, 2.05) is 37.2 Å². The lowest BCUT2D eigenvalue weighted by atomic mass is 10.2. The number of rotatable bonds is 4. The summed E-state index contributed by atoms with van der Waals surface area (Å²) in [6, 6.07) is 12.4. The smallest absolute Gasteiger partial charge is 0.264 e. The molecule has 138 valence electrons. The van der Waals surface area contributed by atoms with Crippen LogP contribution in [0.5, 0.6) is 0 Å². The van der Waals surface area contributed by atoms with E-state index in [0.29, 0.717) is 18.7 Å². The van der Waals surface area contributed by atoms with E-state index < -0.39 is 10.0 Å². The van der Waals surface area contributed by atoms with Crippen LogP contribution in [0.15, 0.2) is 47.4 Å². The van der Waals surface area contributed by atoms with Crippen molar-refractivity contribution in [2.75, 3.05) is 41.8 Å². The van der Waals surface area contributed by atoms with Gasteiger partial charge in [-0.1, -0.05) is 12.1 Å². The third-order valence-corrected chi connectivity index (χ3v) is 6.46. The third-order valence-electron chi connectivity index (χ3n) is 4.69. The number of sulfonamides is 1. The first-order valence-electron chi connectivity index (χ1n) is 8.40. The number of fused-ring (bicyclic) bond motifs is 1. The zero-order valence-electron chi connectivity index (χ0n) is 15.4. The van der Waals surface area contributed by atoms with Gasteiger partial charge in [0.05, 0.1) is 16.3 Å². The van der Waals surface area contributed by atoms with Crippen molar-refractivity contribution in [3.05, 3.63) is 48.0 Å². The number of anilines is 3. The van der Waals surface area contributed by atoms with Crippen LogP contribution in [0.25, 0.3) is 0 Å². The fourth-order valence-electron chi connectivity index (χ4n) is 3.26. The maximum atomic E-state index is 13.1. The van der Waals surface area contributed by atoms with Crippen molar-refractivity contribution in [3.63, 3.8) is 0 Å². The van der Waals surface area contributed by atoms with E-state index in [9.17, 15) is 13.2 Å². The highest BCUT2D eigenvalue weighted by Crippen LogP contribution is 2.34. The Morgan fingerprint density at radius 2 is 1.69 bits per heavy atom. The minimum absolute atomic E-state index is 0.0311. The quantitative estimate of drug-likeness (QED) is 0.826. The summed E-state index contributed by atoms with van der Waals surface area (Å²) in [6.45, 7) is 2.11. The largest absolute Gasteiger partial charge is 0.376 e. The lowest BCUT2D eigenvalue weighted by Gasteiger charge is -2.25. The molecule has 0 spiro atoms. The second-order valence-electron chi connectivity index (χ2n) is 6.57. The first-order chi connectivity index (χ1) is 12.2. The molecule has 2 aromatic carbocycles. The SMILES string of the molecule is CC(=O)N1CCc2cc(S(=O)(=O)N(C)c3ccccc3N(C)C)ccc21. The second kappa shape index (κ2) is 6.64. The molecular weight excluding hydrogens is 350 g/mol. The van der Waals surface area contributed by atoms with Crippen molar-refractivity contribution < 1.29 is 13.2 Å². The highest BCUT2D eigenvalue weighted by Gasteiger charge is 2.28. The van der Waals surface area contributed by atoms with Crippen LogP contribution < -0.4 is 14.1 Å². The van der Waals surface area contributed by atoms with Gasteiger partial charge in [-0.05, 0) is 42.3 Å². The van der Waals surface area contributed by atoms with Crippen LogP contribution in [0.2, 0.25) is 0 Å². The fraction of sp³-hybridized carbons (Fsp3) is 0.316. The summed E-state index contributed by atoms with van der Waals surface area (Å²) in [5.74, 6) is -0.0311. The molecule has 0 atom stereocenters.